The van der Waals surface area contributed by atoms with Crippen molar-refractivity contribution in [2.75, 3.05) is 0 Å². The van der Waals surface area contributed by atoms with Crippen LogP contribution in [0.3, 0.4) is 0 Å². The number of hydrogen-bond donors (Lipinski definition) is 1. The Morgan fingerprint density at radius 3 is 2.47 bits per heavy atom. The molecule has 1 N–H and O–H groups in total. The highest BCUT2D eigenvalue weighted by atomic mass is 16.3. The molecule has 0 saturated heterocycles. The normalized spacial score (nSPS) is 11.2. The zero-order valence-corrected chi connectivity index (χ0v) is 16.7. The second-order valence-corrected chi connectivity index (χ2v) is 7.28. The van der Waals surface area contributed by atoms with E-state index in [4.69, 9.17) is 14.4 Å². The predicted octanol–water partition coefficient (Wildman–Crippen LogP) is 4.86. The minimum absolute atomic E-state index is 0.236. The van der Waals surface area contributed by atoms with Crippen LogP contribution >= 0.6 is 0 Å². The van der Waals surface area contributed by atoms with Crippen LogP contribution in [-0.2, 0) is 0 Å². The van der Waals surface area contributed by atoms with Crippen molar-refractivity contribution < 1.29 is 4.42 Å². The summed E-state index contributed by atoms with van der Waals surface area (Å²) in [4.78, 5) is 33.7. The summed E-state index contributed by atoms with van der Waals surface area (Å²) >= 11 is 0. The molecule has 0 fully saturated rings. The SMILES string of the molecule is O=c1[nH]c2nc(-c3ccccc3)c(-c3ccc4ncccc4c3)nc2cc1-c1ncco1. The van der Waals surface area contributed by atoms with Crippen molar-refractivity contribution in [3.05, 3.63) is 95.7 Å². The van der Waals surface area contributed by atoms with E-state index in [1.54, 1.807) is 12.3 Å². The van der Waals surface area contributed by atoms with E-state index in [1.165, 1.54) is 12.5 Å². The van der Waals surface area contributed by atoms with Crippen LogP contribution in [0.2, 0.25) is 0 Å². The number of aromatic amines is 1. The van der Waals surface area contributed by atoms with Crippen LogP contribution in [-0.4, -0.2) is 24.9 Å². The van der Waals surface area contributed by atoms with Gasteiger partial charge in [-0.15, -0.1) is 0 Å². The Morgan fingerprint density at radius 1 is 0.750 bits per heavy atom. The first-order valence-electron chi connectivity index (χ1n) is 10.0. The maximum absolute atomic E-state index is 12.7. The van der Waals surface area contributed by atoms with Crippen LogP contribution in [0, 0.1) is 0 Å². The number of H-pyrrole nitrogens is 1. The fourth-order valence-electron chi connectivity index (χ4n) is 3.75. The zero-order valence-electron chi connectivity index (χ0n) is 16.7. The number of nitrogens with zero attached hydrogens (tertiary/aromatic N) is 4. The largest absolute Gasteiger partial charge is 0.444 e. The highest BCUT2D eigenvalue weighted by molar-refractivity contribution is 5.90. The molecule has 0 aliphatic heterocycles. The van der Waals surface area contributed by atoms with Crippen LogP contribution in [0.15, 0.2) is 94.6 Å². The fourth-order valence-corrected chi connectivity index (χ4v) is 3.75. The molecule has 2 aromatic carbocycles. The molecule has 0 spiro atoms. The molecule has 0 saturated carbocycles. The Balaban J connectivity index is 1.65. The molecule has 0 unspecified atom stereocenters. The van der Waals surface area contributed by atoms with E-state index in [-0.39, 0.29) is 11.4 Å². The molecule has 4 heterocycles. The molecule has 0 amide bonds. The van der Waals surface area contributed by atoms with Crippen LogP contribution in [0.5, 0.6) is 0 Å². The molecule has 4 aromatic heterocycles. The second kappa shape index (κ2) is 7.24. The summed E-state index contributed by atoms with van der Waals surface area (Å²) in [6.45, 7) is 0. The third-order valence-electron chi connectivity index (χ3n) is 5.27. The van der Waals surface area contributed by atoms with Crippen molar-refractivity contribution in [2.24, 2.45) is 0 Å². The van der Waals surface area contributed by atoms with Crippen LogP contribution in [0.25, 0.3) is 56.0 Å². The topological polar surface area (TPSA) is 97.6 Å². The number of fused-ring (bicyclic) bond motifs is 2. The zero-order chi connectivity index (χ0) is 21.5. The second-order valence-electron chi connectivity index (χ2n) is 7.28. The van der Waals surface area contributed by atoms with Crippen LogP contribution in [0.4, 0.5) is 0 Å². The van der Waals surface area contributed by atoms with E-state index >= 15 is 0 Å². The summed E-state index contributed by atoms with van der Waals surface area (Å²) in [5.41, 5.74) is 5.01. The highest BCUT2D eigenvalue weighted by Gasteiger charge is 2.17. The monoisotopic (exact) mass is 417 g/mol. The van der Waals surface area contributed by atoms with Gasteiger partial charge in [0.15, 0.2) is 5.65 Å². The van der Waals surface area contributed by atoms with E-state index in [1.807, 2.05) is 60.7 Å². The Labute approximate surface area is 181 Å². The maximum Gasteiger partial charge on any atom is 0.262 e. The van der Waals surface area contributed by atoms with Gasteiger partial charge in [-0.3, -0.25) is 9.78 Å². The molecule has 0 radical (unpaired) electrons. The van der Waals surface area contributed by atoms with Gasteiger partial charge in [0.05, 0.1) is 23.1 Å². The fraction of sp³-hybridized carbons (Fsp3) is 0. The molecule has 0 atom stereocenters. The Bertz CT molecular complexity index is 1640. The quantitative estimate of drug-likeness (QED) is 0.442. The third kappa shape index (κ3) is 3.04. The van der Waals surface area contributed by atoms with Crippen molar-refractivity contribution in [3.63, 3.8) is 0 Å². The van der Waals surface area contributed by atoms with Gasteiger partial charge in [0.1, 0.15) is 17.3 Å². The standard InChI is InChI=1S/C25H15N5O2/c31-24-18(25-27-11-12-32-25)14-20-23(30-24)29-21(15-5-2-1-3-6-15)22(28-20)17-8-9-19-16(13-17)7-4-10-26-19/h1-14H,(H,29,30,31). The van der Waals surface area contributed by atoms with Crippen molar-refractivity contribution in [3.8, 4) is 34.0 Å². The summed E-state index contributed by atoms with van der Waals surface area (Å²) < 4.78 is 5.32. The molecule has 0 aliphatic rings. The molecule has 7 heteroatoms. The first-order chi connectivity index (χ1) is 15.8. The van der Waals surface area contributed by atoms with Gasteiger partial charge in [-0.05, 0) is 24.3 Å². The summed E-state index contributed by atoms with van der Waals surface area (Å²) in [7, 11) is 0. The van der Waals surface area contributed by atoms with Gasteiger partial charge in [-0.25, -0.2) is 15.0 Å². The molecule has 0 aliphatic carbocycles. The Hall–Kier alpha value is -4.65. The number of oxazole rings is 1. The maximum atomic E-state index is 12.7. The van der Waals surface area contributed by atoms with Crippen molar-refractivity contribution in [1.29, 1.82) is 0 Å². The van der Waals surface area contributed by atoms with Crippen molar-refractivity contribution >= 4 is 22.1 Å². The van der Waals surface area contributed by atoms with Gasteiger partial charge in [0.25, 0.3) is 5.56 Å². The van der Waals surface area contributed by atoms with E-state index in [2.05, 4.69) is 15.0 Å². The van der Waals surface area contributed by atoms with Gasteiger partial charge in [0, 0.05) is 22.7 Å². The van der Waals surface area contributed by atoms with E-state index in [0.29, 0.717) is 28.1 Å². The minimum atomic E-state index is -0.335. The number of hydrogen-bond acceptors (Lipinski definition) is 6. The lowest BCUT2D eigenvalue weighted by molar-refractivity contribution is 0.573. The smallest absolute Gasteiger partial charge is 0.262 e. The number of aromatic nitrogens is 5. The molecular formula is C25H15N5O2. The summed E-state index contributed by atoms with van der Waals surface area (Å²) in [5, 5.41) is 1.01. The molecular weight excluding hydrogens is 402 g/mol. The van der Waals surface area contributed by atoms with Crippen LogP contribution < -0.4 is 5.56 Å². The van der Waals surface area contributed by atoms with Gasteiger partial charge in [0.2, 0.25) is 5.89 Å². The van der Waals surface area contributed by atoms with Crippen molar-refractivity contribution in [1.82, 2.24) is 24.9 Å². The summed E-state index contributed by atoms with van der Waals surface area (Å²) in [5.74, 6) is 0.236. The summed E-state index contributed by atoms with van der Waals surface area (Å²) in [6.07, 6.45) is 4.70. The van der Waals surface area contributed by atoms with Crippen molar-refractivity contribution in [2.45, 2.75) is 0 Å². The number of pyridine rings is 2. The predicted molar refractivity (Wildman–Crippen MR) is 122 cm³/mol. The molecule has 32 heavy (non-hydrogen) atoms. The number of rotatable bonds is 3. The molecule has 7 nitrogen and oxygen atoms in total. The molecule has 6 rings (SSSR count). The average Bonchev–Trinajstić information content (AvgIpc) is 3.38. The van der Waals surface area contributed by atoms with Gasteiger partial charge >= 0.3 is 0 Å². The lowest BCUT2D eigenvalue weighted by Crippen LogP contribution is -2.11. The van der Waals surface area contributed by atoms with Gasteiger partial charge < -0.3 is 9.40 Å². The Kier molecular flexibility index (Phi) is 4.11. The lowest BCUT2D eigenvalue weighted by atomic mass is 10.0. The van der Waals surface area contributed by atoms with E-state index in [0.717, 1.165) is 22.0 Å². The van der Waals surface area contributed by atoms with Gasteiger partial charge in [-0.1, -0.05) is 42.5 Å². The first-order valence-corrected chi connectivity index (χ1v) is 10.0. The number of benzene rings is 2. The van der Waals surface area contributed by atoms with Gasteiger partial charge in [-0.2, -0.15) is 0 Å². The van der Waals surface area contributed by atoms with E-state index in [9.17, 15) is 4.79 Å². The molecule has 6 aromatic rings. The minimum Gasteiger partial charge on any atom is -0.444 e. The van der Waals surface area contributed by atoms with Crippen LogP contribution in [0.1, 0.15) is 0 Å². The molecule has 0 bridgehead atoms. The van der Waals surface area contributed by atoms with E-state index < -0.39 is 0 Å². The first kappa shape index (κ1) is 18.1. The summed E-state index contributed by atoms with van der Waals surface area (Å²) in [6, 6.07) is 21.4. The lowest BCUT2D eigenvalue weighted by Gasteiger charge is -2.11. The number of nitrogens with one attached hydrogen (secondary N) is 1. The Morgan fingerprint density at radius 2 is 1.62 bits per heavy atom. The average molecular weight is 417 g/mol. The molecule has 152 valence electrons. The third-order valence-corrected chi connectivity index (χ3v) is 5.27. The highest BCUT2D eigenvalue weighted by Crippen LogP contribution is 2.32.